The van der Waals surface area contributed by atoms with Crippen LogP contribution >= 0.6 is 12.8 Å². The first-order valence-electron chi connectivity index (χ1n) is 10.2. The van der Waals surface area contributed by atoms with Gasteiger partial charge in [-0.2, -0.15) is 5.10 Å². The number of pyridine rings is 1. The fraction of sp³-hybridized carbons (Fsp3) is 0.333. The third-order valence-corrected chi connectivity index (χ3v) is 4.52. The maximum absolute atomic E-state index is 12.1. The SMILES string of the molecule is C=CCNC(=O)N(S)c1ccc2ncc(-c3cnn(CCNC(=O)OC(C)(C)C)c3)nc2n1. The Hall–Kier alpha value is -3.67. The molecule has 0 bridgehead atoms. The van der Waals surface area contributed by atoms with Crippen molar-refractivity contribution < 1.29 is 14.3 Å². The lowest BCUT2D eigenvalue weighted by molar-refractivity contribution is 0.0525. The zero-order chi connectivity index (χ0) is 24.0. The van der Waals surface area contributed by atoms with Crippen LogP contribution in [0.3, 0.4) is 0 Å². The number of aromatic nitrogens is 5. The molecular weight excluding hydrogens is 444 g/mol. The molecule has 0 radical (unpaired) electrons. The van der Waals surface area contributed by atoms with Crippen LogP contribution in [0.15, 0.2) is 43.4 Å². The van der Waals surface area contributed by atoms with Crippen molar-refractivity contribution in [1.82, 2.24) is 35.4 Å². The smallest absolute Gasteiger partial charge is 0.407 e. The molecule has 3 heterocycles. The minimum atomic E-state index is -0.551. The van der Waals surface area contributed by atoms with Gasteiger partial charge < -0.3 is 15.4 Å². The molecule has 12 heteroatoms. The highest BCUT2D eigenvalue weighted by Gasteiger charge is 2.16. The van der Waals surface area contributed by atoms with Crippen molar-refractivity contribution >= 4 is 41.9 Å². The van der Waals surface area contributed by atoms with E-state index >= 15 is 0 Å². The van der Waals surface area contributed by atoms with Crippen LogP contribution in [0.25, 0.3) is 22.4 Å². The summed E-state index contributed by atoms with van der Waals surface area (Å²) in [7, 11) is 0. The summed E-state index contributed by atoms with van der Waals surface area (Å²) in [5, 5.41) is 9.61. The average Bonchev–Trinajstić information content (AvgIpc) is 3.23. The molecule has 0 saturated heterocycles. The second kappa shape index (κ2) is 10.3. The van der Waals surface area contributed by atoms with Crippen LogP contribution in [0.4, 0.5) is 15.4 Å². The number of hydrogen-bond donors (Lipinski definition) is 3. The standard InChI is InChI=1S/C21H26N8O3S/c1-5-8-22-19(30)29(33)17-7-6-15-18(27-17)26-16(12-24-15)14-11-25-28(13-14)10-9-23-20(31)32-21(2,3)4/h5-7,11-13,33H,1,8-10H2,2-4H3,(H,22,30)(H,23,31). The maximum atomic E-state index is 12.1. The van der Waals surface area contributed by atoms with Gasteiger partial charge in [-0.15, -0.1) is 6.58 Å². The van der Waals surface area contributed by atoms with Gasteiger partial charge in [0, 0.05) is 24.8 Å². The molecule has 3 aromatic rings. The summed E-state index contributed by atoms with van der Waals surface area (Å²) in [4.78, 5) is 37.2. The monoisotopic (exact) mass is 470 g/mol. The van der Waals surface area contributed by atoms with Gasteiger partial charge in [-0.25, -0.2) is 23.9 Å². The second-order valence-electron chi connectivity index (χ2n) is 7.97. The molecule has 0 atom stereocenters. The van der Waals surface area contributed by atoms with Crippen LogP contribution in [0.5, 0.6) is 0 Å². The van der Waals surface area contributed by atoms with E-state index < -0.39 is 17.7 Å². The van der Waals surface area contributed by atoms with E-state index in [1.807, 2.05) is 0 Å². The number of fused-ring (bicyclic) bond motifs is 1. The highest BCUT2D eigenvalue weighted by atomic mass is 32.1. The zero-order valence-electron chi connectivity index (χ0n) is 18.6. The van der Waals surface area contributed by atoms with Gasteiger partial charge in [0.15, 0.2) is 5.65 Å². The van der Waals surface area contributed by atoms with E-state index in [2.05, 4.69) is 50.1 Å². The largest absolute Gasteiger partial charge is 0.444 e. The topological polar surface area (TPSA) is 127 Å². The number of thiol groups is 1. The van der Waals surface area contributed by atoms with Crippen molar-refractivity contribution in [2.75, 3.05) is 17.4 Å². The number of anilines is 1. The van der Waals surface area contributed by atoms with Crippen molar-refractivity contribution in [2.45, 2.75) is 32.9 Å². The number of hydrogen-bond acceptors (Lipinski definition) is 8. The number of alkyl carbamates (subject to hydrolysis) is 1. The summed E-state index contributed by atoms with van der Waals surface area (Å²) < 4.78 is 7.98. The van der Waals surface area contributed by atoms with Crippen LogP contribution in [0.2, 0.25) is 0 Å². The summed E-state index contributed by atoms with van der Waals surface area (Å²) in [5.41, 5.74) is 1.69. The summed E-state index contributed by atoms with van der Waals surface area (Å²) in [6.45, 7) is 10.1. The first-order valence-corrected chi connectivity index (χ1v) is 10.6. The van der Waals surface area contributed by atoms with Gasteiger partial charge >= 0.3 is 12.1 Å². The van der Waals surface area contributed by atoms with Crippen molar-refractivity contribution in [1.29, 1.82) is 0 Å². The first kappa shape index (κ1) is 24.0. The summed E-state index contributed by atoms with van der Waals surface area (Å²) >= 11 is 4.21. The van der Waals surface area contributed by atoms with E-state index in [0.717, 1.165) is 9.87 Å². The minimum absolute atomic E-state index is 0.308. The Morgan fingerprint density at radius 3 is 2.76 bits per heavy atom. The Kier molecular flexibility index (Phi) is 7.48. The number of ether oxygens (including phenoxy) is 1. The molecule has 0 aliphatic carbocycles. The maximum Gasteiger partial charge on any atom is 0.407 e. The lowest BCUT2D eigenvalue weighted by atomic mass is 10.2. The number of urea groups is 1. The van der Waals surface area contributed by atoms with Gasteiger partial charge in [0.1, 0.15) is 16.9 Å². The molecule has 0 unspecified atom stereocenters. The van der Waals surface area contributed by atoms with Gasteiger partial charge in [0.05, 0.1) is 24.6 Å². The molecule has 0 aliphatic heterocycles. The van der Waals surface area contributed by atoms with Crippen LogP contribution in [0, 0.1) is 0 Å². The molecule has 0 saturated carbocycles. The lowest BCUT2D eigenvalue weighted by Crippen LogP contribution is -2.34. The number of amides is 3. The van der Waals surface area contributed by atoms with Gasteiger partial charge in [0.25, 0.3) is 0 Å². The number of rotatable bonds is 7. The summed E-state index contributed by atoms with van der Waals surface area (Å²) in [6.07, 6.45) is 6.16. The fourth-order valence-corrected chi connectivity index (χ4v) is 2.87. The first-order chi connectivity index (χ1) is 15.7. The van der Waals surface area contributed by atoms with E-state index in [1.54, 1.807) is 62.3 Å². The van der Waals surface area contributed by atoms with Gasteiger partial charge in [0.2, 0.25) is 0 Å². The fourth-order valence-electron chi connectivity index (χ4n) is 2.69. The molecule has 0 aliphatic rings. The van der Waals surface area contributed by atoms with Gasteiger partial charge in [-0.1, -0.05) is 18.9 Å². The average molecular weight is 471 g/mol. The van der Waals surface area contributed by atoms with Gasteiger partial charge in [-0.05, 0) is 32.9 Å². The molecule has 2 N–H and O–H groups in total. The third-order valence-electron chi connectivity index (χ3n) is 4.14. The Labute approximate surface area is 196 Å². The number of carbonyl (C=O) groups excluding carboxylic acids is 2. The van der Waals surface area contributed by atoms with Crippen molar-refractivity contribution in [2.24, 2.45) is 0 Å². The molecular formula is C21H26N8O3S. The summed E-state index contributed by atoms with van der Waals surface area (Å²) in [6, 6.07) is 2.91. The van der Waals surface area contributed by atoms with Crippen molar-refractivity contribution in [3.8, 4) is 11.3 Å². The van der Waals surface area contributed by atoms with Crippen molar-refractivity contribution in [3.05, 3.63) is 43.4 Å². The molecule has 33 heavy (non-hydrogen) atoms. The zero-order valence-corrected chi connectivity index (χ0v) is 19.5. The van der Waals surface area contributed by atoms with E-state index in [-0.39, 0.29) is 0 Å². The number of nitrogens with zero attached hydrogens (tertiary/aromatic N) is 6. The molecule has 3 amide bonds. The molecule has 3 aromatic heterocycles. The lowest BCUT2D eigenvalue weighted by Gasteiger charge is -2.19. The molecule has 0 fully saturated rings. The molecule has 0 spiro atoms. The van der Waals surface area contributed by atoms with Crippen LogP contribution in [0.1, 0.15) is 20.8 Å². The van der Waals surface area contributed by atoms with Crippen LogP contribution in [-0.2, 0) is 11.3 Å². The quantitative estimate of drug-likeness (QED) is 0.358. The Balaban J connectivity index is 1.69. The Morgan fingerprint density at radius 1 is 1.24 bits per heavy atom. The molecule has 0 aromatic carbocycles. The van der Waals surface area contributed by atoms with E-state index in [4.69, 9.17) is 4.74 Å². The highest BCUT2D eigenvalue weighted by molar-refractivity contribution is 7.82. The third kappa shape index (κ3) is 6.65. The van der Waals surface area contributed by atoms with Crippen LogP contribution < -0.4 is 14.9 Å². The predicted octanol–water partition coefficient (Wildman–Crippen LogP) is 2.96. The Bertz CT molecular complexity index is 1160. The normalized spacial score (nSPS) is 11.2. The summed E-state index contributed by atoms with van der Waals surface area (Å²) in [5.74, 6) is 0.308. The molecule has 11 nitrogen and oxygen atoms in total. The van der Waals surface area contributed by atoms with Gasteiger partial charge in [-0.3, -0.25) is 9.67 Å². The van der Waals surface area contributed by atoms with Crippen molar-refractivity contribution in [3.63, 3.8) is 0 Å². The van der Waals surface area contributed by atoms with E-state index in [9.17, 15) is 9.59 Å². The number of nitrogens with one attached hydrogen (secondary N) is 2. The van der Waals surface area contributed by atoms with E-state index in [0.29, 0.717) is 42.3 Å². The Morgan fingerprint density at radius 2 is 2.03 bits per heavy atom. The van der Waals surface area contributed by atoms with Crippen LogP contribution in [-0.4, -0.2) is 55.5 Å². The van der Waals surface area contributed by atoms with E-state index in [1.165, 1.54) is 0 Å². The number of carbonyl (C=O) groups is 2. The minimum Gasteiger partial charge on any atom is -0.444 e. The predicted molar refractivity (Wildman–Crippen MR) is 128 cm³/mol. The molecule has 3 rings (SSSR count). The second-order valence-corrected chi connectivity index (χ2v) is 8.37. The molecule has 174 valence electrons. The highest BCUT2D eigenvalue weighted by Crippen LogP contribution is 2.21.